The average Bonchev–Trinajstić information content (AvgIpc) is 3.42. The Bertz CT molecular complexity index is 952. The lowest BCUT2D eigenvalue weighted by atomic mass is 9.85. The molecule has 198 valence electrons. The fraction of sp³-hybridized carbons (Fsp3) is 0.667. The van der Waals surface area contributed by atoms with Crippen LogP contribution in [0.15, 0.2) is 24.3 Å². The summed E-state index contributed by atoms with van der Waals surface area (Å²) in [5.74, 6) is -0.709. The van der Waals surface area contributed by atoms with E-state index in [1.807, 2.05) is 52.0 Å². The SMILES string of the molecule is CCO[C@H]1CN(C(=O)C(NC(=O)c2ccc(N3CCN(CC)CC3)cc2)C(C)(C)C)[C@@H]2C(=O)CO[C@H]12. The average molecular weight is 501 g/mol. The van der Waals surface area contributed by atoms with E-state index in [0.29, 0.717) is 12.2 Å². The van der Waals surface area contributed by atoms with Crippen LogP contribution in [0.5, 0.6) is 0 Å². The van der Waals surface area contributed by atoms with Crippen LogP contribution >= 0.6 is 0 Å². The van der Waals surface area contributed by atoms with Gasteiger partial charge < -0.3 is 29.5 Å². The minimum absolute atomic E-state index is 0.0188. The van der Waals surface area contributed by atoms with Crippen LogP contribution in [0.2, 0.25) is 0 Å². The predicted molar refractivity (Wildman–Crippen MR) is 137 cm³/mol. The summed E-state index contributed by atoms with van der Waals surface area (Å²) in [6.45, 7) is 15.6. The van der Waals surface area contributed by atoms with Crippen molar-refractivity contribution < 1.29 is 23.9 Å². The van der Waals surface area contributed by atoms with Crippen molar-refractivity contribution in [1.29, 1.82) is 0 Å². The van der Waals surface area contributed by atoms with Gasteiger partial charge in [-0.3, -0.25) is 14.4 Å². The molecule has 3 saturated heterocycles. The largest absolute Gasteiger partial charge is 0.374 e. The lowest BCUT2D eigenvalue weighted by molar-refractivity contribution is -0.140. The number of rotatable bonds is 7. The fourth-order valence-electron chi connectivity index (χ4n) is 5.37. The third kappa shape index (κ3) is 5.43. The highest BCUT2D eigenvalue weighted by atomic mass is 16.6. The number of carbonyl (C=O) groups excluding carboxylic acids is 3. The summed E-state index contributed by atoms with van der Waals surface area (Å²) in [6, 6.07) is 6.09. The van der Waals surface area contributed by atoms with Gasteiger partial charge in [-0.25, -0.2) is 0 Å². The number of hydrogen-bond donors (Lipinski definition) is 1. The molecule has 3 heterocycles. The topological polar surface area (TPSA) is 91.4 Å². The molecule has 1 N–H and O–H groups in total. The zero-order valence-electron chi connectivity index (χ0n) is 22.2. The van der Waals surface area contributed by atoms with Gasteiger partial charge in [0, 0.05) is 44.0 Å². The smallest absolute Gasteiger partial charge is 0.251 e. The van der Waals surface area contributed by atoms with Crippen molar-refractivity contribution >= 4 is 23.3 Å². The number of likely N-dealkylation sites (tertiary alicyclic amines) is 1. The Morgan fingerprint density at radius 1 is 1.11 bits per heavy atom. The molecule has 0 aliphatic carbocycles. The van der Waals surface area contributed by atoms with E-state index in [-0.39, 0.29) is 36.9 Å². The van der Waals surface area contributed by atoms with Crippen molar-refractivity contribution in [3.05, 3.63) is 29.8 Å². The Morgan fingerprint density at radius 3 is 2.36 bits per heavy atom. The Balaban J connectivity index is 1.46. The van der Waals surface area contributed by atoms with Gasteiger partial charge >= 0.3 is 0 Å². The van der Waals surface area contributed by atoms with E-state index in [1.54, 1.807) is 4.90 Å². The van der Waals surface area contributed by atoms with Crippen LogP contribution < -0.4 is 10.2 Å². The first-order chi connectivity index (χ1) is 17.1. The summed E-state index contributed by atoms with van der Waals surface area (Å²) in [5.41, 5.74) is 1.03. The van der Waals surface area contributed by atoms with E-state index in [9.17, 15) is 14.4 Å². The molecule has 0 radical (unpaired) electrons. The Morgan fingerprint density at radius 2 is 1.78 bits per heavy atom. The van der Waals surface area contributed by atoms with Crippen LogP contribution in [0.4, 0.5) is 5.69 Å². The van der Waals surface area contributed by atoms with Crippen LogP contribution in [0.25, 0.3) is 0 Å². The number of ether oxygens (including phenoxy) is 2. The maximum atomic E-state index is 13.7. The number of Topliss-reactive ketones (excluding diaryl/α,β-unsaturated/α-hetero) is 1. The van der Waals surface area contributed by atoms with Crippen LogP contribution in [-0.4, -0.2) is 104 Å². The van der Waals surface area contributed by atoms with E-state index in [1.165, 1.54) is 0 Å². The summed E-state index contributed by atoms with van der Waals surface area (Å²) in [4.78, 5) is 45.8. The molecular weight excluding hydrogens is 460 g/mol. The van der Waals surface area contributed by atoms with E-state index in [2.05, 4.69) is 22.0 Å². The van der Waals surface area contributed by atoms with E-state index >= 15 is 0 Å². The molecule has 3 aliphatic heterocycles. The maximum Gasteiger partial charge on any atom is 0.251 e. The minimum atomic E-state index is -0.804. The molecule has 0 bridgehead atoms. The molecule has 4 atom stereocenters. The lowest BCUT2D eigenvalue weighted by Gasteiger charge is -2.35. The second-order valence-electron chi connectivity index (χ2n) is 10.9. The fourth-order valence-corrected chi connectivity index (χ4v) is 5.37. The molecule has 36 heavy (non-hydrogen) atoms. The highest BCUT2D eigenvalue weighted by Gasteiger charge is 2.54. The summed E-state index contributed by atoms with van der Waals surface area (Å²) in [6.07, 6.45) is -0.803. The molecule has 2 amide bonds. The normalized spacial score (nSPS) is 25.7. The summed E-state index contributed by atoms with van der Waals surface area (Å²) >= 11 is 0. The molecule has 3 fully saturated rings. The second kappa shape index (κ2) is 10.9. The van der Waals surface area contributed by atoms with Gasteiger partial charge in [-0.1, -0.05) is 27.7 Å². The van der Waals surface area contributed by atoms with Gasteiger partial charge in [0.2, 0.25) is 5.91 Å². The van der Waals surface area contributed by atoms with Crippen LogP contribution in [-0.2, 0) is 19.1 Å². The highest BCUT2D eigenvalue weighted by molar-refractivity contribution is 5.99. The quantitative estimate of drug-likeness (QED) is 0.608. The van der Waals surface area contributed by atoms with Crippen LogP contribution in [0.1, 0.15) is 45.0 Å². The molecule has 1 aromatic rings. The van der Waals surface area contributed by atoms with E-state index < -0.39 is 23.6 Å². The Labute approximate surface area is 214 Å². The van der Waals surface area contributed by atoms with Gasteiger partial charge in [-0.15, -0.1) is 0 Å². The summed E-state index contributed by atoms with van der Waals surface area (Å²) < 4.78 is 11.4. The van der Waals surface area contributed by atoms with Crippen LogP contribution in [0.3, 0.4) is 0 Å². The van der Waals surface area contributed by atoms with Gasteiger partial charge in [0.1, 0.15) is 30.9 Å². The van der Waals surface area contributed by atoms with Crippen molar-refractivity contribution in [2.45, 2.75) is 58.9 Å². The number of nitrogens with one attached hydrogen (secondary N) is 1. The zero-order valence-corrected chi connectivity index (χ0v) is 22.2. The van der Waals surface area contributed by atoms with Crippen molar-refractivity contribution in [2.75, 3.05) is 57.4 Å². The Hall–Kier alpha value is -2.49. The molecule has 0 saturated carbocycles. The van der Waals surface area contributed by atoms with Crippen molar-refractivity contribution in [3.63, 3.8) is 0 Å². The number of nitrogens with zero attached hydrogens (tertiary/aromatic N) is 3. The number of amides is 2. The van der Waals surface area contributed by atoms with Gasteiger partial charge in [-0.2, -0.15) is 0 Å². The molecule has 9 heteroatoms. The number of fused-ring (bicyclic) bond motifs is 1. The first kappa shape index (κ1) is 26.6. The molecular formula is C27H40N4O5. The molecule has 4 rings (SSSR count). The summed E-state index contributed by atoms with van der Waals surface area (Å²) in [5, 5.41) is 2.96. The third-order valence-electron chi connectivity index (χ3n) is 7.50. The molecule has 0 spiro atoms. The predicted octanol–water partition coefficient (Wildman–Crippen LogP) is 1.56. The number of carbonyl (C=O) groups is 3. The first-order valence-electron chi connectivity index (χ1n) is 13.1. The van der Waals surface area contributed by atoms with Crippen molar-refractivity contribution in [2.24, 2.45) is 5.41 Å². The molecule has 1 aromatic carbocycles. The number of benzene rings is 1. The second-order valence-corrected chi connectivity index (χ2v) is 10.9. The standard InChI is InChI=1S/C27H40N4O5/c1-6-29-12-14-30(15-13-29)19-10-8-18(9-11-19)25(33)28-24(27(3,4)5)26(34)31-16-21(35-7-2)23-22(31)20(32)17-36-23/h8-11,21-24H,6-7,12-17H2,1-5H3,(H,28,33)/t21-,22+,23+,24?/m0/s1. The van der Waals surface area contributed by atoms with Gasteiger partial charge in [0.05, 0.1) is 6.54 Å². The van der Waals surface area contributed by atoms with Gasteiger partial charge in [0.25, 0.3) is 5.91 Å². The highest BCUT2D eigenvalue weighted by Crippen LogP contribution is 2.32. The lowest BCUT2D eigenvalue weighted by Crippen LogP contribution is -2.57. The van der Waals surface area contributed by atoms with Crippen molar-refractivity contribution in [1.82, 2.24) is 15.1 Å². The molecule has 0 aromatic heterocycles. The van der Waals surface area contributed by atoms with E-state index in [0.717, 1.165) is 38.4 Å². The minimum Gasteiger partial charge on any atom is -0.374 e. The zero-order chi connectivity index (χ0) is 26.0. The Kier molecular flexibility index (Phi) is 8.02. The van der Waals surface area contributed by atoms with Crippen LogP contribution in [0, 0.1) is 5.41 Å². The van der Waals surface area contributed by atoms with Gasteiger partial charge in [0.15, 0.2) is 5.78 Å². The summed E-state index contributed by atoms with van der Waals surface area (Å²) in [7, 11) is 0. The maximum absolute atomic E-state index is 13.7. The molecule has 9 nitrogen and oxygen atoms in total. The van der Waals surface area contributed by atoms with Crippen molar-refractivity contribution in [3.8, 4) is 0 Å². The number of hydrogen-bond acceptors (Lipinski definition) is 7. The van der Waals surface area contributed by atoms with E-state index in [4.69, 9.17) is 9.47 Å². The van der Waals surface area contributed by atoms with Gasteiger partial charge in [-0.05, 0) is 43.1 Å². The number of anilines is 1. The monoisotopic (exact) mass is 500 g/mol. The number of ketones is 1. The third-order valence-corrected chi connectivity index (χ3v) is 7.50. The first-order valence-corrected chi connectivity index (χ1v) is 13.1. The molecule has 1 unspecified atom stereocenters. The number of piperazine rings is 1. The number of likely N-dealkylation sites (N-methyl/N-ethyl adjacent to an activating group) is 1. The molecule has 3 aliphatic rings.